The molecule has 1 aliphatic rings. The van der Waals surface area contributed by atoms with Crippen LogP contribution in [0.4, 0.5) is 8.78 Å². The highest BCUT2D eigenvalue weighted by molar-refractivity contribution is 4.86. The normalized spacial score (nSPS) is 24.7. The minimum Gasteiger partial charge on any atom is -0.378 e. The summed E-state index contributed by atoms with van der Waals surface area (Å²) in [5.74, 6) is -2.73. The first-order valence-electron chi connectivity index (χ1n) is 4.56. The summed E-state index contributed by atoms with van der Waals surface area (Å²) < 4.78 is 31.6. The fourth-order valence-corrected chi connectivity index (χ4v) is 1.25. The summed E-state index contributed by atoms with van der Waals surface area (Å²) in [5.41, 5.74) is 0. The van der Waals surface area contributed by atoms with Gasteiger partial charge in [-0.05, 0) is 6.54 Å². The minimum atomic E-state index is -2.73. The molecular weight excluding hydrogens is 178 g/mol. The summed E-state index contributed by atoms with van der Waals surface area (Å²) in [5, 5.41) is 5.39. The maximum atomic E-state index is 13.3. The van der Waals surface area contributed by atoms with Crippen LogP contribution in [0.5, 0.6) is 0 Å². The molecule has 78 valence electrons. The van der Waals surface area contributed by atoms with Crippen molar-refractivity contribution in [3.8, 4) is 0 Å². The lowest BCUT2D eigenvalue weighted by Gasteiger charge is -2.31. The third-order valence-corrected chi connectivity index (χ3v) is 2.04. The Balaban J connectivity index is 2.36. The van der Waals surface area contributed by atoms with Crippen LogP contribution in [0.1, 0.15) is 6.92 Å². The van der Waals surface area contributed by atoms with E-state index >= 15 is 0 Å². The van der Waals surface area contributed by atoms with Crippen molar-refractivity contribution in [1.82, 2.24) is 10.6 Å². The molecule has 0 aromatic rings. The van der Waals surface area contributed by atoms with Gasteiger partial charge in [0.2, 0.25) is 0 Å². The molecule has 0 saturated carbocycles. The second-order valence-corrected chi connectivity index (χ2v) is 3.12. The van der Waals surface area contributed by atoms with Gasteiger partial charge >= 0.3 is 0 Å². The molecule has 1 unspecified atom stereocenters. The van der Waals surface area contributed by atoms with Crippen molar-refractivity contribution in [2.24, 2.45) is 0 Å². The van der Waals surface area contributed by atoms with E-state index in [9.17, 15) is 8.78 Å². The van der Waals surface area contributed by atoms with Gasteiger partial charge in [0.1, 0.15) is 0 Å². The van der Waals surface area contributed by atoms with Gasteiger partial charge in [-0.3, -0.25) is 0 Å². The van der Waals surface area contributed by atoms with Gasteiger partial charge in [0.25, 0.3) is 5.92 Å². The zero-order chi connectivity index (χ0) is 9.73. The highest BCUT2D eigenvalue weighted by Gasteiger charge is 2.39. The van der Waals surface area contributed by atoms with Gasteiger partial charge in [-0.1, -0.05) is 6.92 Å². The molecule has 0 radical (unpaired) electrons. The number of hydrogen-bond donors (Lipinski definition) is 2. The van der Waals surface area contributed by atoms with Crippen molar-refractivity contribution in [2.75, 3.05) is 32.8 Å². The molecule has 0 aromatic carbocycles. The average Bonchev–Trinajstić information content (AvgIpc) is 2.16. The Kier molecular flexibility index (Phi) is 4.02. The van der Waals surface area contributed by atoms with E-state index in [0.29, 0.717) is 19.7 Å². The molecule has 3 nitrogen and oxygen atoms in total. The van der Waals surface area contributed by atoms with Crippen molar-refractivity contribution in [1.29, 1.82) is 0 Å². The number of rotatable bonds is 4. The topological polar surface area (TPSA) is 33.3 Å². The number of ether oxygens (including phenoxy) is 1. The zero-order valence-corrected chi connectivity index (χ0v) is 7.78. The molecule has 0 bridgehead atoms. The Labute approximate surface area is 76.8 Å². The monoisotopic (exact) mass is 194 g/mol. The first kappa shape index (κ1) is 10.8. The maximum absolute atomic E-state index is 13.3. The highest BCUT2D eigenvalue weighted by Crippen LogP contribution is 2.19. The van der Waals surface area contributed by atoms with Crippen LogP contribution in [0.3, 0.4) is 0 Å². The van der Waals surface area contributed by atoms with Crippen LogP contribution in [-0.2, 0) is 4.74 Å². The first-order chi connectivity index (χ1) is 6.17. The number of morpholine rings is 1. The molecule has 0 aliphatic carbocycles. The van der Waals surface area contributed by atoms with Gasteiger partial charge in [-0.25, -0.2) is 8.78 Å². The van der Waals surface area contributed by atoms with Crippen molar-refractivity contribution in [3.63, 3.8) is 0 Å². The average molecular weight is 194 g/mol. The Bertz CT molecular complexity index is 149. The summed E-state index contributed by atoms with van der Waals surface area (Å²) in [4.78, 5) is 0. The van der Waals surface area contributed by atoms with Crippen molar-refractivity contribution < 1.29 is 13.5 Å². The molecule has 1 saturated heterocycles. The van der Waals surface area contributed by atoms with Gasteiger partial charge < -0.3 is 15.4 Å². The summed E-state index contributed by atoms with van der Waals surface area (Å²) >= 11 is 0. The third kappa shape index (κ3) is 3.17. The molecule has 1 fully saturated rings. The van der Waals surface area contributed by atoms with Gasteiger partial charge in [0.15, 0.2) is 0 Å². The molecule has 0 spiro atoms. The molecule has 13 heavy (non-hydrogen) atoms. The number of halogens is 2. The zero-order valence-electron chi connectivity index (χ0n) is 7.78. The lowest BCUT2D eigenvalue weighted by atomic mass is 10.1. The maximum Gasteiger partial charge on any atom is 0.277 e. The molecule has 1 heterocycles. The van der Waals surface area contributed by atoms with Crippen LogP contribution in [-0.4, -0.2) is 44.8 Å². The number of alkyl halides is 2. The number of nitrogens with one attached hydrogen (secondary N) is 2. The molecule has 2 N–H and O–H groups in total. The molecule has 0 amide bonds. The molecule has 1 rings (SSSR count). The summed E-state index contributed by atoms with van der Waals surface area (Å²) in [6, 6.07) is -0.847. The van der Waals surface area contributed by atoms with Crippen LogP contribution < -0.4 is 10.6 Å². The fourth-order valence-electron chi connectivity index (χ4n) is 1.25. The van der Waals surface area contributed by atoms with E-state index in [1.807, 2.05) is 0 Å². The Hall–Kier alpha value is -0.260. The smallest absolute Gasteiger partial charge is 0.277 e. The number of hydrogen-bond acceptors (Lipinski definition) is 3. The highest BCUT2D eigenvalue weighted by atomic mass is 19.3. The van der Waals surface area contributed by atoms with Crippen LogP contribution in [0.2, 0.25) is 0 Å². The van der Waals surface area contributed by atoms with E-state index in [4.69, 9.17) is 4.74 Å². The second-order valence-electron chi connectivity index (χ2n) is 3.12. The lowest BCUT2D eigenvalue weighted by Crippen LogP contribution is -2.56. The van der Waals surface area contributed by atoms with Crippen LogP contribution in [0.25, 0.3) is 0 Å². The first-order valence-corrected chi connectivity index (χ1v) is 4.56. The standard InChI is InChI=1S/C8H16F2N2O/c1-2-11-6-8(9,10)7-5-13-4-3-12-7/h7,11-12H,2-6H2,1H3. The van der Waals surface area contributed by atoms with Crippen LogP contribution in [0, 0.1) is 0 Å². The third-order valence-electron chi connectivity index (χ3n) is 2.04. The van der Waals surface area contributed by atoms with Crippen molar-refractivity contribution in [3.05, 3.63) is 0 Å². The fraction of sp³-hybridized carbons (Fsp3) is 1.00. The van der Waals surface area contributed by atoms with Gasteiger partial charge in [0, 0.05) is 6.54 Å². The van der Waals surface area contributed by atoms with Crippen molar-refractivity contribution >= 4 is 0 Å². The van der Waals surface area contributed by atoms with Gasteiger partial charge in [-0.15, -0.1) is 0 Å². The van der Waals surface area contributed by atoms with E-state index in [1.54, 1.807) is 6.92 Å². The minimum absolute atomic E-state index is 0.0956. The van der Waals surface area contributed by atoms with E-state index in [1.165, 1.54) is 0 Å². The van der Waals surface area contributed by atoms with Crippen molar-refractivity contribution in [2.45, 2.75) is 18.9 Å². The van der Waals surface area contributed by atoms with E-state index in [0.717, 1.165) is 0 Å². The predicted molar refractivity (Wildman–Crippen MR) is 46.1 cm³/mol. The molecular formula is C8H16F2N2O. The van der Waals surface area contributed by atoms with Gasteiger partial charge in [-0.2, -0.15) is 0 Å². The summed E-state index contributed by atoms with van der Waals surface area (Å²) in [6.45, 7) is 3.20. The Morgan fingerprint density at radius 1 is 1.62 bits per heavy atom. The molecule has 5 heteroatoms. The predicted octanol–water partition coefficient (Wildman–Crippen LogP) is 0.220. The summed E-state index contributed by atoms with van der Waals surface area (Å²) in [6.07, 6.45) is 0. The molecule has 1 atom stereocenters. The summed E-state index contributed by atoms with van der Waals surface area (Å²) in [7, 11) is 0. The molecule has 1 aliphatic heterocycles. The SMILES string of the molecule is CCNCC(F)(F)C1COCCN1. The van der Waals surface area contributed by atoms with Gasteiger partial charge in [0.05, 0.1) is 25.8 Å². The van der Waals surface area contributed by atoms with Crippen LogP contribution in [0.15, 0.2) is 0 Å². The Morgan fingerprint density at radius 2 is 2.38 bits per heavy atom. The largest absolute Gasteiger partial charge is 0.378 e. The Morgan fingerprint density at radius 3 is 2.92 bits per heavy atom. The quantitative estimate of drug-likeness (QED) is 0.671. The van der Waals surface area contributed by atoms with E-state index < -0.39 is 12.0 Å². The molecule has 0 aromatic heterocycles. The van der Waals surface area contributed by atoms with E-state index in [-0.39, 0.29) is 13.2 Å². The van der Waals surface area contributed by atoms with Crippen LogP contribution >= 0.6 is 0 Å². The van der Waals surface area contributed by atoms with E-state index in [2.05, 4.69) is 10.6 Å². The lowest BCUT2D eigenvalue weighted by molar-refractivity contribution is -0.0779. The second kappa shape index (κ2) is 4.83.